The summed E-state index contributed by atoms with van der Waals surface area (Å²) >= 11 is 0.544. The van der Waals surface area contributed by atoms with Crippen LogP contribution in [0.15, 0.2) is 0 Å². The van der Waals surface area contributed by atoms with Gasteiger partial charge in [-0.3, -0.25) is 0 Å². The molecule has 2 rings (SSSR count). The van der Waals surface area contributed by atoms with Gasteiger partial charge in [0, 0.05) is 13.1 Å². The number of alkyl halides is 3. The highest BCUT2D eigenvalue weighted by Crippen LogP contribution is 2.35. The molecule has 0 unspecified atom stereocenters. The van der Waals surface area contributed by atoms with E-state index in [0.29, 0.717) is 37.3 Å². The summed E-state index contributed by atoms with van der Waals surface area (Å²) in [5.74, 6) is 0. The quantitative estimate of drug-likeness (QED) is 0.844. The molecule has 8 heteroatoms. The SMILES string of the molecule is CC1(O)CCN(c2nnc(C(F)(F)F)s2)CC1. The van der Waals surface area contributed by atoms with Crippen LogP contribution >= 0.6 is 11.3 Å². The summed E-state index contributed by atoms with van der Waals surface area (Å²) in [7, 11) is 0. The highest BCUT2D eigenvalue weighted by atomic mass is 32.1. The van der Waals surface area contributed by atoms with E-state index in [1.165, 1.54) is 0 Å². The van der Waals surface area contributed by atoms with E-state index in [0.717, 1.165) is 0 Å². The van der Waals surface area contributed by atoms with Crippen molar-refractivity contribution >= 4 is 16.5 Å². The summed E-state index contributed by atoms with van der Waals surface area (Å²) in [6, 6.07) is 0. The van der Waals surface area contributed by atoms with E-state index < -0.39 is 16.8 Å². The number of hydrogen-bond acceptors (Lipinski definition) is 5. The van der Waals surface area contributed by atoms with Gasteiger partial charge in [0.25, 0.3) is 0 Å². The van der Waals surface area contributed by atoms with Gasteiger partial charge in [-0.25, -0.2) is 0 Å². The molecule has 0 saturated carbocycles. The first kappa shape index (κ1) is 12.6. The lowest BCUT2D eigenvalue weighted by atomic mass is 9.94. The molecule has 2 heterocycles. The summed E-state index contributed by atoms with van der Waals surface area (Å²) in [4.78, 5) is 1.73. The third-order valence-corrected chi connectivity index (χ3v) is 3.80. The van der Waals surface area contributed by atoms with Gasteiger partial charge in [0.1, 0.15) is 0 Å². The minimum absolute atomic E-state index is 0.271. The van der Waals surface area contributed by atoms with Gasteiger partial charge >= 0.3 is 6.18 Å². The molecule has 0 amide bonds. The van der Waals surface area contributed by atoms with E-state index in [9.17, 15) is 18.3 Å². The average Bonchev–Trinajstić information content (AvgIpc) is 2.66. The molecule has 96 valence electrons. The van der Waals surface area contributed by atoms with Crippen molar-refractivity contribution in [3.8, 4) is 0 Å². The molecule has 1 aliphatic rings. The van der Waals surface area contributed by atoms with E-state index in [2.05, 4.69) is 10.2 Å². The lowest BCUT2D eigenvalue weighted by Gasteiger charge is -2.35. The fourth-order valence-electron chi connectivity index (χ4n) is 1.64. The van der Waals surface area contributed by atoms with Crippen LogP contribution in [0, 0.1) is 0 Å². The van der Waals surface area contributed by atoms with Gasteiger partial charge in [-0.05, 0) is 19.8 Å². The lowest BCUT2D eigenvalue weighted by Crippen LogP contribution is -2.42. The molecule has 0 bridgehead atoms. The van der Waals surface area contributed by atoms with Gasteiger partial charge in [0.05, 0.1) is 5.60 Å². The number of anilines is 1. The number of piperidine rings is 1. The summed E-state index contributed by atoms with van der Waals surface area (Å²) < 4.78 is 37.0. The van der Waals surface area contributed by atoms with Gasteiger partial charge in [-0.15, -0.1) is 10.2 Å². The molecular formula is C9H12F3N3OS. The van der Waals surface area contributed by atoms with Crippen LogP contribution in [0.2, 0.25) is 0 Å². The van der Waals surface area contributed by atoms with Crippen molar-refractivity contribution in [2.45, 2.75) is 31.5 Å². The normalized spacial score (nSPS) is 20.6. The maximum atomic E-state index is 12.3. The predicted molar refractivity (Wildman–Crippen MR) is 57.0 cm³/mol. The molecule has 1 fully saturated rings. The van der Waals surface area contributed by atoms with Crippen molar-refractivity contribution in [1.82, 2.24) is 10.2 Å². The van der Waals surface area contributed by atoms with Crippen molar-refractivity contribution in [2.75, 3.05) is 18.0 Å². The number of hydrogen-bond donors (Lipinski definition) is 1. The molecule has 1 saturated heterocycles. The number of nitrogens with zero attached hydrogens (tertiary/aromatic N) is 3. The van der Waals surface area contributed by atoms with E-state index in [4.69, 9.17) is 0 Å². The van der Waals surface area contributed by atoms with E-state index in [1.807, 2.05) is 0 Å². The Hall–Kier alpha value is -0.890. The molecule has 0 aromatic carbocycles. The maximum Gasteiger partial charge on any atom is 0.445 e. The zero-order valence-electron chi connectivity index (χ0n) is 9.16. The number of rotatable bonds is 1. The second-order valence-electron chi connectivity index (χ2n) is 4.37. The van der Waals surface area contributed by atoms with Crippen LogP contribution in [0.5, 0.6) is 0 Å². The predicted octanol–water partition coefficient (Wildman–Crippen LogP) is 1.91. The van der Waals surface area contributed by atoms with Crippen molar-refractivity contribution in [2.24, 2.45) is 0 Å². The van der Waals surface area contributed by atoms with Crippen molar-refractivity contribution in [3.63, 3.8) is 0 Å². The Morgan fingerprint density at radius 1 is 1.29 bits per heavy atom. The molecule has 4 nitrogen and oxygen atoms in total. The Labute approximate surface area is 100 Å². The summed E-state index contributed by atoms with van der Waals surface area (Å²) in [5.41, 5.74) is -0.728. The molecule has 1 N–H and O–H groups in total. The number of aliphatic hydroxyl groups is 1. The second kappa shape index (κ2) is 4.09. The third kappa shape index (κ3) is 2.86. The fourth-order valence-corrected chi connectivity index (χ4v) is 2.40. The van der Waals surface area contributed by atoms with Crippen molar-refractivity contribution in [3.05, 3.63) is 5.01 Å². The fraction of sp³-hybridized carbons (Fsp3) is 0.778. The molecule has 17 heavy (non-hydrogen) atoms. The average molecular weight is 267 g/mol. The smallest absolute Gasteiger partial charge is 0.390 e. The van der Waals surface area contributed by atoms with Crippen LogP contribution < -0.4 is 4.90 Å². The maximum absolute atomic E-state index is 12.3. The minimum atomic E-state index is -4.43. The van der Waals surface area contributed by atoms with Crippen LogP contribution in [-0.2, 0) is 6.18 Å². The lowest BCUT2D eigenvalue weighted by molar-refractivity contribution is -0.138. The monoisotopic (exact) mass is 267 g/mol. The van der Waals surface area contributed by atoms with Crippen LogP contribution in [0.1, 0.15) is 24.8 Å². The van der Waals surface area contributed by atoms with E-state index >= 15 is 0 Å². The Balaban J connectivity index is 2.07. The first-order valence-corrected chi connectivity index (χ1v) is 5.98. The Bertz CT molecular complexity index is 394. The van der Waals surface area contributed by atoms with Crippen LogP contribution in [-0.4, -0.2) is 34.0 Å². The van der Waals surface area contributed by atoms with Gasteiger partial charge in [-0.2, -0.15) is 13.2 Å². The first-order chi connectivity index (χ1) is 7.78. The highest BCUT2D eigenvalue weighted by molar-refractivity contribution is 7.15. The Kier molecular flexibility index (Phi) is 3.03. The minimum Gasteiger partial charge on any atom is -0.390 e. The standard InChI is InChI=1S/C9H12F3N3OS/c1-8(16)2-4-15(5-3-8)7-14-13-6(17-7)9(10,11)12/h16H,2-5H2,1H3. The largest absolute Gasteiger partial charge is 0.445 e. The molecule has 1 aromatic heterocycles. The van der Waals surface area contributed by atoms with Crippen LogP contribution in [0.25, 0.3) is 0 Å². The molecule has 1 aliphatic heterocycles. The highest BCUT2D eigenvalue weighted by Gasteiger charge is 2.37. The van der Waals surface area contributed by atoms with Gasteiger partial charge in [-0.1, -0.05) is 11.3 Å². The summed E-state index contributed by atoms with van der Waals surface area (Å²) in [6.07, 6.45) is -3.39. The van der Waals surface area contributed by atoms with E-state index in [-0.39, 0.29) is 5.13 Å². The summed E-state index contributed by atoms with van der Waals surface area (Å²) in [5, 5.41) is 15.8. The van der Waals surface area contributed by atoms with Gasteiger partial charge in [0.15, 0.2) is 0 Å². The molecule has 0 spiro atoms. The first-order valence-electron chi connectivity index (χ1n) is 5.16. The Morgan fingerprint density at radius 3 is 2.35 bits per heavy atom. The molecule has 0 aliphatic carbocycles. The number of halogens is 3. The molecular weight excluding hydrogens is 255 g/mol. The Morgan fingerprint density at radius 2 is 1.88 bits per heavy atom. The second-order valence-corrected chi connectivity index (χ2v) is 5.33. The third-order valence-electron chi connectivity index (χ3n) is 2.77. The van der Waals surface area contributed by atoms with Gasteiger partial charge < -0.3 is 10.0 Å². The zero-order valence-corrected chi connectivity index (χ0v) is 9.98. The molecule has 0 radical (unpaired) electrons. The topological polar surface area (TPSA) is 49.2 Å². The van der Waals surface area contributed by atoms with Crippen LogP contribution in [0.4, 0.5) is 18.3 Å². The molecule has 0 atom stereocenters. The van der Waals surface area contributed by atoms with Crippen molar-refractivity contribution < 1.29 is 18.3 Å². The summed E-state index contributed by atoms with van der Waals surface area (Å²) in [6.45, 7) is 2.73. The molecule has 1 aromatic rings. The van der Waals surface area contributed by atoms with Crippen molar-refractivity contribution in [1.29, 1.82) is 0 Å². The van der Waals surface area contributed by atoms with Crippen LogP contribution in [0.3, 0.4) is 0 Å². The number of aromatic nitrogens is 2. The van der Waals surface area contributed by atoms with E-state index in [1.54, 1.807) is 11.8 Å². The van der Waals surface area contributed by atoms with Gasteiger partial charge in [0.2, 0.25) is 10.1 Å². The zero-order chi connectivity index (χ0) is 12.7.